The van der Waals surface area contributed by atoms with Gasteiger partial charge in [0.15, 0.2) is 4.34 Å². The zero-order chi connectivity index (χ0) is 14.1. The van der Waals surface area contributed by atoms with E-state index < -0.39 is 5.97 Å². The van der Waals surface area contributed by atoms with Gasteiger partial charge in [-0.15, -0.1) is 32.9 Å². The fraction of sp³-hybridized carbons (Fsp3) is 0.100. The summed E-state index contributed by atoms with van der Waals surface area (Å²) >= 11 is 4.27. The quantitative estimate of drug-likeness (QED) is 0.759. The molecule has 0 aliphatic heterocycles. The lowest BCUT2D eigenvalue weighted by Gasteiger charge is -1.90. The summed E-state index contributed by atoms with van der Waals surface area (Å²) in [6.07, 6.45) is 0. The van der Waals surface area contributed by atoms with Gasteiger partial charge in [-0.2, -0.15) is 5.21 Å². The van der Waals surface area contributed by atoms with Gasteiger partial charge < -0.3 is 5.11 Å². The highest BCUT2D eigenvalue weighted by atomic mass is 32.2. The standard InChI is InChI=1S/C10H7N5O2S3/c1-4-3-18-10(11-4)20-6-2-5(9(16)17)7(19-6)8-12-14-15-13-8/h2-3H,1H3,(H,16,17)(H,12,13,14,15). The van der Waals surface area contributed by atoms with Gasteiger partial charge in [-0.3, -0.25) is 0 Å². The van der Waals surface area contributed by atoms with Gasteiger partial charge in [0.25, 0.3) is 0 Å². The molecule has 0 aliphatic carbocycles. The van der Waals surface area contributed by atoms with Crippen molar-refractivity contribution in [2.24, 2.45) is 0 Å². The maximum atomic E-state index is 11.3. The Morgan fingerprint density at radius 3 is 2.95 bits per heavy atom. The molecule has 0 spiro atoms. The lowest BCUT2D eigenvalue weighted by atomic mass is 10.2. The molecule has 0 unspecified atom stereocenters. The van der Waals surface area contributed by atoms with Crippen LogP contribution in [0.1, 0.15) is 16.1 Å². The molecule has 0 amide bonds. The van der Waals surface area contributed by atoms with E-state index in [1.807, 2.05) is 12.3 Å². The van der Waals surface area contributed by atoms with Crippen LogP contribution in [0.2, 0.25) is 0 Å². The Morgan fingerprint density at radius 2 is 2.35 bits per heavy atom. The largest absolute Gasteiger partial charge is 0.478 e. The molecule has 3 heterocycles. The van der Waals surface area contributed by atoms with Crippen LogP contribution < -0.4 is 0 Å². The first-order chi connectivity index (χ1) is 9.63. The Bertz CT molecular complexity index is 749. The van der Waals surface area contributed by atoms with Crippen molar-refractivity contribution in [1.82, 2.24) is 25.6 Å². The van der Waals surface area contributed by atoms with Gasteiger partial charge in [-0.25, -0.2) is 9.78 Å². The molecular weight excluding hydrogens is 318 g/mol. The Morgan fingerprint density at radius 1 is 1.50 bits per heavy atom. The van der Waals surface area contributed by atoms with Crippen LogP contribution in [0.15, 0.2) is 20.0 Å². The molecule has 3 aromatic rings. The van der Waals surface area contributed by atoms with Gasteiger partial charge >= 0.3 is 5.97 Å². The number of nitrogens with one attached hydrogen (secondary N) is 1. The van der Waals surface area contributed by atoms with E-state index in [4.69, 9.17) is 0 Å². The third-order valence-electron chi connectivity index (χ3n) is 2.27. The monoisotopic (exact) mass is 325 g/mol. The van der Waals surface area contributed by atoms with E-state index in [2.05, 4.69) is 25.6 Å². The number of tetrazole rings is 1. The highest BCUT2D eigenvalue weighted by Gasteiger charge is 2.20. The van der Waals surface area contributed by atoms with Gasteiger partial charge in [0.1, 0.15) is 0 Å². The summed E-state index contributed by atoms with van der Waals surface area (Å²) in [6, 6.07) is 1.61. The van der Waals surface area contributed by atoms with E-state index >= 15 is 0 Å². The summed E-state index contributed by atoms with van der Waals surface area (Å²) in [6.45, 7) is 1.92. The second kappa shape index (κ2) is 5.31. The number of aromatic carboxylic acids is 1. The molecule has 0 atom stereocenters. The van der Waals surface area contributed by atoms with Crippen LogP contribution in [0, 0.1) is 6.92 Å². The van der Waals surface area contributed by atoms with Crippen molar-refractivity contribution in [3.63, 3.8) is 0 Å². The SMILES string of the molecule is Cc1csc(Sc2cc(C(=O)O)c(-c3nn[nH]n3)s2)n1. The number of H-pyrrole nitrogens is 1. The van der Waals surface area contributed by atoms with E-state index in [9.17, 15) is 9.90 Å². The second-order valence-corrected chi connectivity index (χ2v) is 7.16. The zero-order valence-electron chi connectivity index (χ0n) is 10.0. The van der Waals surface area contributed by atoms with Crippen LogP contribution >= 0.6 is 34.4 Å². The third kappa shape index (κ3) is 2.57. The number of hydrogen-bond acceptors (Lipinski definition) is 8. The van der Waals surface area contributed by atoms with Gasteiger partial charge in [0.2, 0.25) is 5.82 Å². The molecule has 102 valence electrons. The number of carbonyl (C=O) groups is 1. The summed E-state index contributed by atoms with van der Waals surface area (Å²) in [7, 11) is 0. The normalized spacial score (nSPS) is 10.8. The molecule has 0 aliphatic rings. The van der Waals surface area contributed by atoms with E-state index in [1.54, 1.807) is 6.07 Å². The average Bonchev–Trinajstić information content (AvgIpc) is 3.09. The van der Waals surface area contributed by atoms with E-state index in [0.29, 0.717) is 4.88 Å². The van der Waals surface area contributed by atoms with Crippen molar-refractivity contribution < 1.29 is 9.90 Å². The van der Waals surface area contributed by atoms with Crippen LogP contribution in [0.4, 0.5) is 0 Å². The first kappa shape index (κ1) is 13.2. The van der Waals surface area contributed by atoms with E-state index in [0.717, 1.165) is 14.2 Å². The molecule has 20 heavy (non-hydrogen) atoms. The molecule has 0 aromatic carbocycles. The summed E-state index contributed by atoms with van der Waals surface area (Å²) < 4.78 is 1.71. The minimum Gasteiger partial charge on any atom is -0.478 e. The maximum Gasteiger partial charge on any atom is 0.337 e. The average molecular weight is 325 g/mol. The van der Waals surface area contributed by atoms with Crippen molar-refractivity contribution in [2.45, 2.75) is 15.5 Å². The first-order valence-corrected chi connectivity index (χ1v) is 7.85. The molecule has 3 aromatic heterocycles. The highest BCUT2D eigenvalue weighted by Crippen LogP contribution is 2.40. The number of nitrogens with zero attached hydrogens (tertiary/aromatic N) is 4. The number of rotatable bonds is 4. The Balaban J connectivity index is 1.97. The number of thiophene rings is 1. The smallest absolute Gasteiger partial charge is 0.337 e. The molecular formula is C10H7N5O2S3. The highest BCUT2D eigenvalue weighted by molar-refractivity contribution is 8.02. The molecule has 0 saturated heterocycles. The predicted octanol–water partition coefficient (Wildman–Crippen LogP) is 2.54. The summed E-state index contributed by atoms with van der Waals surface area (Å²) in [5, 5.41) is 24.6. The van der Waals surface area contributed by atoms with Gasteiger partial charge in [-0.1, -0.05) is 0 Å². The molecule has 0 radical (unpaired) electrons. The van der Waals surface area contributed by atoms with Crippen molar-refractivity contribution in [3.8, 4) is 10.7 Å². The summed E-state index contributed by atoms with van der Waals surface area (Å²) in [5.74, 6) is -0.724. The van der Waals surface area contributed by atoms with E-state index in [-0.39, 0.29) is 11.4 Å². The summed E-state index contributed by atoms with van der Waals surface area (Å²) in [5.41, 5.74) is 1.12. The number of carboxylic acid groups (broad SMARTS) is 1. The number of aromatic amines is 1. The van der Waals surface area contributed by atoms with E-state index in [1.165, 1.54) is 34.4 Å². The molecule has 3 rings (SSSR count). The minimum absolute atomic E-state index is 0.173. The number of hydrogen-bond donors (Lipinski definition) is 2. The van der Waals surface area contributed by atoms with Crippen LogP contribution in [-0.2, 0) is 0 Å². The number of aromatic nitrogens is 5. The van der Waals surface area contributed by atoms with Crippen molar-refractivity contribution in [1.29, 1.82) is 0 Å². The third-order valence-corrected chi connectivity index (χ3v) is 5.58. The van der Waals surface area contributed by atoms with Crippen LogP contribution in [0.3, 0.4) is 0 Å². The van der Waals surface area contributed by atoms with Gasteiger partial charge in [0.05, 0.1) is 14.6 Å². The van der Waals surface area contributed by atoms with Gasteiger partial charge in [-0.05, 0) is 30.0 Å². The Labute approximate surface area is 125 Å². The molecule has 0 fully saturated rings. The number of aryl methyl sites for hydroxylation is 1. The summed E-state index contributed by atoms with van der Waals surface area (Å²) in [4.78, 5) is 16.1. The van der Waals surface area contributed by atoms with Crippen LogP contribution in [-0.4, -0.2) is 36.7 Å². The first-order valence-electron chi connectivity index (χ1n) is 5.34. The topological polar surface area (TPSA) is 105 Å². The predicted molar refractivity (Wildman–Crippen MR) is 75.4 cm³/mol. The van der Waals surface area contributed by atoms with Gasteiger partial charge in [0, 0.05) is 11.1 Å². The van der Waals surface area contributed by atoms with Crippen molar-refractivity contribution in [2.75, 3.05) is 0 Å². The lowest BCUT2D eigenvalue weighted by molar-refractivity contribution is 0.0698. The number of thiazole rings is 1. The molecule has 0 saturated carbocycles. The Hall–Kier alpha value is -1.78. The maximum absolute atomic E-state index is 11.3. The molecule has 2 N–H and O–H groups in total. The van der Waals surface area contributed by atoms with Crippen molar-refractivity contribution >= 4 is 40.4 Å². The zero-order valence-corrected chi connectivity index (χ0v) is 12.5. The fourth-order valence-corrected chi connectivity index (χ4v) is 4.76. The fourth-order valence-electron chi connectivity index (χ4n) is 1.47. The second-order valence-electron chi connectivity index (χ2n) is 3.71. The van der Waals surface area contributed by atoms with Crippen molar-refractivity contribution in [3.05, 3.63) is 22.7 Å². The molecule has 10 heteroatoms. The molecule has 7 nitrogen and oxygen atoms in total. The lowest BCUT2D eigenvalue weighted by Crippen LogP contribution is -1.96. The molecule has 0 bridgehead atoms. The van der Waals surface area contributed by atoms with Crippen LogP contribution in [0.25, 0.3) is 10.7 Å². The Kier molecular flexibility index (Phi) is 3.51. The van der Waals surface area contributed by atoms with Crippen LogP contribution in [0.5, 0.6) is 0 Å². The minimum atomic E-state index is -1.01. The number of carboxylic acids is 1.